The Labute approximate surface area is 123 Å². The number of fused-ring (bicyclic) bond motifs is 1. The maximum Gasteiger partial charge on any atom is 0.274 e. The highest BCUT2D eigenvalue weighted by molar-refractivity contribution is 5.93. The Morgan fingerprint density at radius 3 is 3.19 bits per heavy atom. The van der Waals surface area contributed by atoms with Gasteiger partial charge in [0.1, 0.15) is 5.69 Å². The number of amides is 2. The summed E-state index contributed by atoms with van der Waals surface area (Å²) < 4.78 is 1.75. The van der Waals surface area contributed by atoms with Crippen molar-refractivity contribution < 1.29 is 9.59 Å². The van der Waals surface area contributed by atoms with E-state index in [9.17, 15) is 9.59 Å². The minimum Gasteiger partial charge on any atom is -0.354 e. The number of nitrogens with one attached hydrogen (secondary N) is 1. The predicted octanol–water partition coefficient (Wildman–Crippen LogP) is -0.417. The molecule has 1 aromatic rings. The van der Waals surface area contributed by atoms with Gasteiger partial charge < -0.3 is 16.0 Å². The van der Waals surface area contributed by atoms with E-state index in [1.54, 1.807) is 10.7 Å². The lowest BCUT2D eigenvalue weighted by Gasteiger charge is -2.35. The summed E-state index contributed by atoms with van der Waals surface area (Å²) in [4.78, 5) is 26.2. The average molecular weight is 291 g/mol. The van der Waals surface area contributed by atoms with Gasteiger partial charge in [-0.05, 0) is 31.9 Å². The van der Waals surface area contributed by atoms with E-state index in [2.05, 4.69) is 10.4 Å². The molecule has 0 bridgehead atoms. The maximum atomic E-state index is 12.6. The molecule has 7 heteroatoms. The largest absolute Gasteiger partial charge is 0.354 e. The lowest BCUT2D eigenvalue weighted by Crippen LogP contribution is -2.48. The first-order chi connectivity index (χ1) is 10.2. The van der Waals surface area contributed by atoms with Crippen molar-refractivity contribution in [3.05, 3.63) is 18.0 Å². The molecule has 3 heterocycles. The third kappa shape index (κ3) is 2.65. The molecule has 2 aliphatic rings. The third-order valence-electron chi connectivity index (χ3n) is 4.31. The van der Waals surface area contributed by atoms with E-state index in [1.807, 2.05) is 11.1 Å². The van der Waals surface area contributed by atoms with Gasteiger partial charge in [-0.1, -0.05) is 0 Å². The van der Waals surface area contributed by atoms with Crippen LogP contribution in [0.15, 0.2) is 12.3 Å². The Bertz CT molecular complexity index is 541. The average Bonchev–Trinajstić information content (AvgIpc) is 3.12. The number of carbonyl (C=O) groups is 2. The molecule has 2 atom stereocenters. The van der Waals surface area contributed by atoms with E-state index in [4.69, 9.17) is 5.73 Å². The van der Waals surface area contributed by atoms with Crippen molar-refractivity contribution in [3.8, 4) is 0 Å². The number of aromatic nitrogens is 2. The summed E-state index contributed by atoms with van der Waals surface area (Å²) in [7, 11) is 0. The smallest absolute Gasteiger partial charge is 0.274 e. The molecule has 7 nitrogen and oxygen atoms in total. The maximum absolute atomic E-state index is 12.6. The fraction of sp³-hybridized carbons (Fsp3) is 0.643. The molecule has 21 heavy (non-hydrogen) atoms. The van der Waals surface area contributed by atoms with Gasteiger partial charge in [-0.15, -0.1) is 0 Å². The fourth-order valence-electron chi connectivity index (χ4n) is 3.20. The van der Waals surface area contributed by atoms with Crippen LogP contribution in [0, 0.1) is 5.92 Å². The zero-order chi connectivity index (χ0) is 14.8. The summed E-state index contributed by atoms with van der Waals surface area (Å²) in [6.07, 6.45) is 4.38. The van der Waals surface area contributed by atoms with Crippen LogP contribution in [0.5, 0.6) is 0 Å². The number of hydrogen-bond acceptors (Lipinski definition) is 4. The van der Waals surface area contributed by atoms with Crippen molar-refractivity contribution >= 4 is 11.8 Å². The highest BCUT2D eigenvalue weighted by Gasteiger charge is 2.43. The zero-order valence-electron chi connectivity index (χ0n) is 12.0. The molecule has 3 rings (SSSR count). The van der Waals surface area contributed by atoms with Gasteiger partial charge in [-0.25, -0.2) is 0 Å². The van der Waals surface area contributed by atoms with Gasteiger partial charge in [0.2, 0.25) is 5.91 Å². The van der Waals surface area contributed by atoms with E-state index in [0.717, 1.165) is 25.8 Å². The quantitative estimate of drug-likeness (QED) is 0.788. The van der Waals surface area contributed by atoms with Crippen LogP contribution in [0.1, 0.15) is 29.8 Å². The lowest BCUT2D eigenvalue weighted by atomic mass is 9.91. The second kappa shape index (κ2) is 5.85. The minimum atomic E-state index is -0.0762. The van der Waals surface area contributed by atoms with Gasteiger partial charge in [0, 0.05) is 25.8 Å². The summed E-state index contributed by atoms with van der Waals surface area (Å²) in [5.41, 5.74) is 5.93. The molecule has 1 aromatic heterocycles. The number of rotatable bonds is 4. The second-order valence-corrected chi connectivity index (χ2v) is 5.67. The topological polar surface area (TPSA) is 93.2 Å². The van der Waals surface area contributed by atoms with Gasteiger partial charge in [0.05, 0.1) is 12.0 Å². The molecule has 0 aromatic carbocycles. The Hall–Kier alpha value is -1.89. The molecular weight excluding hydrogens is 270 g/mol. The summed E-state index contributed by atoms with van der Waals surface area (Å²) in [6, 6.07) is 1.72. The fourth-order valence-corrected chi connectivity index (χ4v) is 3.20. The zero-order valence-corrected chi connectivity index (χ0v) is 12.0. The molecule has 114 valence electrons. The van der Waals surface area contributed by atoms with Crippen LogP contribution in [0.3, 0.4) is 0 Å². The molecule has 0 saturated carbocycles. The van der Waals surface area contributed by atoms with Gasteiger partial charge in [-0.2, -0.15) is 5.10 Å². The Balaban J connectivity index is 1.72. The van der Waals surface area contributed by atoms with Crippen LogP contribution in [0.2, 0.25) is 0 Å². The Morgan fingerprint density at radius 1 is 1.52 bits per heavy atom. The van der Waals surface area contributed by atoms with E-state index in [1.165, 1.54) is 0 Å². The molecule has 3 N–H and O–H groups in total. The van der Waals surface area contributed by atoms with Crippen LogP contribution < -0.4 is 11.1 Å². The summed E-state index contributed by atoms with van der Waals surface area (Å²) in [5.74, 6) is -0.0549. The number of aryl methyl sites for hydroxylation is 1. The van der Waals surface area contributed by atoms with Crippen molar-refractivity contribution in [2.24, 2.45) is 11.7 Å². The number of carbonyl (C=O) groups excluding carboxylic acids is 2. The minimum absolute atomic E-state index is 0.0204. The Morgan fingerprint density at radius 2 is 2.38 bits per heavy atom. The first-order valence-electron chi connectivity index (χ1n) is 7.53. The number of likely N-dealkylation sites (tertiary alicyclic amines) is 1. The van der Waals surface area contributed by atoms with Crippen LogP contribution in [0.4, 0.5) is 0 Å². The number of nitrogens with zero attached hydrogens (tertiary/aromatic N) is 3. The van der Waals surface area contributed by atoms with E-state index < -0.39 is 0 Å². The number of hydrogen-bond donors (Lipinski definition) is 2. The second-order valence-electron chi connectivity index (χ2n) is 5.67. The molecule has 2 aliphatic heterocycles. The first-order valence-corrected chi connectivity index (χ1v) is 7.53. The van der Waals surface area contributed by atoms with E-state index >= 15 is 0 Å². The highest BCUT2D eigenvalue weighted by Crippen LogP contribution is 2.28. The van der Waals surface area contributed by atoms with Gasteiger partial charge in [-0.3, -0.25) is 14.3 Å². The molecular formula is C14H21N5O2. The van der Waals surface area contributed by atoms with Crippen LogP contribution in [-0.2, 0) is 11.3 Å². The van der Waals surface area contributed by atoms with Crippen molar-refractivity contribution in [2.75, 3.05) is 19.6 Å². The normalized spacial score (nSPS) is 24.8. The van der Waals surface area contributed by atoms with Gasteiger partial charge >= 0.3 is 0 Å². The first kappa shape index (κ1) is 14.1. The third-order valence-corrected chi connectivity index (χ3v) is 4.31. The molecule has 0 radical (unpaired) electrons. The van der Waals surface area contributed by atoms with Gasteiger partial charge in [0.25, 0.3) is 5.91 Å². The van der Waals surface area contributed by atoms with Crippen molar-refractivity contribution in [1.29, 1.82) is 0 Å². The molecule has 0 aliphatic carbocycles. The standard InChI is InChI=1S/C14H21N5O2/c15-5-2-6-18-8-4-11(17-18)14(21)19-7-1-3-10-12(19)9-16-13(10)20/h4,8,10,12H,1-3,5-7,9,15H2,(H,16,20)/t10-,12-/m1/s1. The van der Waals surface area contributed by atoms with Crippen molar-refractivity contribution in [1.82, 2.24) is 20.0 Å². The monoisotopic (exact) mass is 291 g/mol. The number of piperidine rings is 1. The highest BCUT2D eigenvalue weighted by atomic mass is 16.2. The molecule has 2 fully saturated rings. The van der Waals surface area contributed by atoms with Gasteiger partial charge in [0.15, 0.2) is 0 Å². The lowest BCUT2D eigenvalue weighted by molar-refractivity contribution is -0.123. The van der Waals surface area contributed by atoms with Crippen LogP contribution in [-0.4, -0.2) is 52.2 Å². The van der Waals surface area contributed by atoms with Crippen LogP contribution >= 0.6 is 0 Å². The number of nitrogens with two attached hydrogens (primary N) is 1. The SMILES string of the molecule is NCCCn1ccc(C(=O)N2CCC[C@H]3C(=O)NC[C@H]32)n1. The summed E-state index contributed by atoms with van der Waals surface area (Å²) >= 11 is 0. The van der Waals surface area contributed by atoms with E-state index in [-0.39, 0.29) is 23.8 Å². The van der Waals surface area contributed by atoms with Crippen LogP contribution in [0.25, 0.3) is 0 Å². The summed E-state index contributed by atoms with van der Waals surface area (Å²) in [6.45, 7) is 2.58. The van der Waals surface area contributed by atoms with E-state index in [0.29, 0.717) is 25.3 Å². The molecule has 0 unspecified atom stereocenters. The molecule has 0 spiro atoms. The molecule has 2 saturated heterocycles. The predicted molar refractivity (Wildman–Crippen MR) is 76.5 cm³/mol. The Kier molecular flexibility index (Phi) is 3.92. The van der Waals surface area contributed by atoms with Crippen molar-refractivity contribution in [2.45, 2.75) is 31.8 Å². The molecule has 2 amide bonds. The summed E-state index contributed by atoms with van der Waals surface area (Å²) in [5, 5.41) is 7.18. The van der Waals surface area contributed by atoms with Crippen molar-refractivity contribution in [3.63, 3.8) is 0 Å².